The highest BCUT2D eigenvalue weighted by atomic mass is 16.5. The number of benzene rings is 2. The molecule has 0 bridgehead atoms. The summed E-state index contributed by atoms with van der Waals surface area (Å²) in [6.45, 7) is 7.14. The van der Waals surface area contributed by atoms with E-state index in [4.69, 9.17) is 41.2 Å². The van der Waals surface area contributed by atoms with Crippen molar-refractivity contribution in [1.82, 2.24) is 0 Å². The Morgan fingerprint density at radius 3 is 0.683 bits per heavy atom. The Morgan fingerprint density at radius 2 is 0.500 bits per heavy atom. The van der Waals surface area contributed by atoms with Crippen molar-refractivity contribution in [2.45, 2.75) is 219 Å². The van der Waals surface area contributed by atoms with E-state index in [0.29, 0.717) is 49.1 Å². The number of nitrogens with one attached hydrogen (secondary N) is 2. The summed E-state index contributed by atoms with van der Waals surface area (Å²) in [5, 5.41) is 15.9. The van der Waals surface area contributed by atoms with Gasteiger partial charge in [0.25, 0.3) is 0 Å². The molecule has 0 aliphatic carbocycles. The molecular formula is C52H90N4O4. The van der Waals surface area contributed by atoms with E-state index in [1.54, 1.807) is 0 Å². The van der Waals surface area contributed by atoms with Gasteiger partial charge in [0.15, 0.2) is 0 Å². The smallest absolute Gasteiger partial charge is 0.123 e. The summed E-state index contributed by atoms with van der Waals surface area (Å²) in [5.41, 5.74) is 12.9. The lowest BCUT2D eigenvalue weighted by molar-refractivity contribution is 0.285. The molecule has 0 aliphatic heterocycles. The number of hydrogen-bond donors (Lipinski definition) is 4. The van der Waals surface area contributed by atoms with Gasteiger partial charge in [-0.05, 0) is 49.9 Å². The molecule has 2 aromatic rings. The van der Waals surface area contributed by atoms with Crippen LogP contribution in [0.4, 0.5) is 0 Å². The van der Waals surface area contributed by atoms with E-state index >= 15 is 0 Å². The lowest BCUT2D eigenvalue weighted by Gasteiger charge is -2.12. The monoisotopic (exact) mass is 835 g/mol. The van der Waals surface area contributed by atoms with Crippen LogP contribution in [0.3, 0.4) is 0 Å². The van der Waals surface area contributed by atoms with Gasteiger partial charge >= 0.3 is 0 Å². The minimum Gasteiger partial charge on any atom is -0.493 e. The second kappa shape index (κ2) is 37.4. The van der Waals surface area contributed by atoms with Crippen LogP contribution in [-0.2, 0) is 0 Å². The van der Waals surface area contributed by atoms with Gasteiger partial charge in [-0.2, -0.15) is 0 Å². The molecule has 0 fully saturated rings. The van der Waals surface area contributed by atoms with Crippen LogP contribution < -0.4 is 30.4 Å². The summed E-state index contributed by atoms with van der Waals surface area (Å²) in [5.74, 6) is 2.91. The third-order valence-electron chi connectivity index (χ3n) is 11.5. The highest BCUT2D eigenvalue weighted by Crippen LogP contribution is 2.26. The van der Waals surface area contributed by atoms with Gasteiger partial charge in [-0.25, -0.2) is 0 Å². The second-order valence-electron chi connectivity index (χ2n) is 17.2. The van der Waals surface area contributed by atoms with Gasteiger partial charge in [-0.15, -0.1) is 0 Å². The van der Waals surface area contributed by atoms with Crippen molar-refractivity contribution in [3.8, 4) is 23.0 Å². The number of rotatable bonds is 43. The number of amidine groups is 2. The van der Waals surface area contributed by atoms with Gasteiger partial charge in [0, 0.05) is 23.3 Å². The molecule has 342 valence electrons. The Labute approximate surface area is 368 Å². The van der Waals surface area contributed by atoms with E-state index in [1.807, 2.05) is 36.4 Å². The number of hydrogen-bond acceptors (Lipinski definition) is 6. The molecule has 0 aliphatic rings. The third-order valence-corrected chi connectivity index (χ3v) is 11.5. The molecule has 0 amide bonds. The van der Waals surface area contributed by atoms with Crippen molar-refractivity contribution in [3.63, 3.8) is 0 Å². The van der Waals surface area contributed by atoms with Crippen molar-refractivity contribution in [1.29, 1.82) is 10.8 Å². The van der Waals surface area contributed by atoms with E-state index in [-0.39, 0.29) is 11.7 Å². The van der Waals surface area contributed by atoms with Crippen LogP contribution in [0.15, 0.2) is 36.4 Å². The van der Waals surface area contributed by atoms with E-state index in [2.05, 4.69) is 13.8 Å². The Bertz CT molecular complexity index is 1250. The molecule has 60 heavy (non-hydrogen) atoms. The van der Waals surface area contributed by atoms with Crippen molar-refractivity contribution >= 4 is 11.7 Å². The quantitative estimate of drug-likeness (QED) is 0.0298. The molecule has 0 spiro atoms. The topological polar surface area (TPSA) is 137 Å². The van der Waals surface area contributed by atoms with Crippen LogP contribution in [0.25, 0.3) is 0 Å². The maximum Gasteiger partial charge on any atom is 0.123 e. The lowest BCUT2D eigenvalue weighted by Crippen LogP contribution is -2.12. The van der Waals surface area contributed by atoms with Crippen molar-refractivity contribution < 1.29 is 18.9 Å². The Hall–Kier alpha value is -3.42. The van der Waals surface area contributed by atoms with Crippen molar-refractivity contribution in [2.24, 2.45) is 11.5 Å². The Morgan fingerprint density at radius 1 is 0.317 bits per heavy atom. The zero-order valence-corrected chi connectivity index (χ0v) is 38.7. The molecule has 0 atom stereocenters. The average molecular weight is 835 g/mol. The predicted molar refractivity (Wildman–Crippen MR) is 256 cm³/mol. The molecule has 8 nitrogen and oxygen atoms in total. The third kappa shape index (κ3) is 28.9. The lowest BCUT2D eigenvalue weighted by atomic mass is 10.0. The molecule has 2 rings (SSSR count). The van der Waals surface area contributed by atoms with Gasteiger partial charge in [0.05, 0.1) is 26.4 Å². The molecule has 0 saturated heterocycles. The normalized spacial score (nSPS) is 11.2. The van der Waals surface area contributed by atoms with Gasteiger partial charge in [0.2, 0.25) is 0 Å². The summed E-state index contributed by atoms with van der Waals surface area (Å²) in [7, 11) is 0. The summed E-state index contributed by atoms with van der Waals surface area (Å²) in [4.78, 5) is 0. The second-order valence-corrected chi connectivity index (χ2v) is 17.2. The minimum atomic E-state index is 0.0239. The molecule has 0 unspecified atom stereocenters. The van der Waals surface area contributed by atoms with Crippen LogP contribution in [-0.4, -0.2) is 38.1 Å². The number of ether oxygens (including phenoxy) is 4. The first kappa shape index (κ1) is 52.7. The fourth-order valence-corrected chi connectivity index (χ4v) is 7.70. The molecule has 0 heterocycles. The largest absolute Gasteiger partial charge is 0.493 e. The van der Waals surface area contributed by atoms with Crippen LogP contribution >= 0.6 is 0 Å². The molecule has 0 aromatic heterocycles. The zero-order valence-electron chi connectivity index (χ0n) is 38.7. The number of unbranched alkanes of at least 4 members (excludes halogenated alkanes) is 29. The minimum absolute atomic E-state index is 0.0239. The van der Waals surface area contributed by atoms with E-state index in [0.717, 1.165) is 62.9 Å². The maximum absolute atomic E-state index is 7.96. The van der Waals surface area contributed by atoms with E-state index in [1.165, 1.54) is 154 Å². The highest BCUT2D eigenvalue weighted by Gasteiger charge is 2.08. The fourth-order valence-electron chi connectivity index (χ4n) is 7.70. The standard InChI is InChI=1S/C52H90N4O4/c1-3-5-7-9-11-13-15-17-19-21-23-27-31-35-57-47-39-45(51(53)54)41-49(43-47)59-37-33-29-25-26-30-34-38-60-50-42-46(52(55)56)40-48(44-50)58-36-32-28-24-22-20-18-16-14-12-10-8-6-4-2/h39-44H,3-38H2,1-2H3,(H3,53,54)(H3,55,56). The molecule has 8 heteroatoms. The summed E-state index contributed by atoms with van der Waals surface area (Å²) in [6, 6.07) is 11.2. The first-order valence-corrected chi connectivity index (χ1v) is 24.9. The maximum atomic E-state index is 7.96. The molecule has 0 radical (unpaired) electrons. The average Bonchev–Trinajstić information content (AvgIpc) is 3.24. The summed E-state index contributed by atoms with van der Waals surface area (Å²) >= 11 is 0. The zero-order chi connectivity index (χ0) is 43.1. The highest BCUT2D eigenvalue weighted by molar-refractivity contribution is 5.96. The van der Waals surface area contributed by atoms with Gasteiger partial charge in [-0.1, -0.05) is 194 Å². The van der Waals surface area contributed by atoms with Gasteiger partial charge in [-0.3, -0.25) is 10.8 Å². The Kier molecular flexibility index (Phi) is 32.8. The molecule has 6 N–H and O–H groups in total. The molecule has 2 aromatic carbocycles. The first-order chi connectivity index (χ1) is 29.4. The van der Waals surface area contributed by atoms with Gasteiger partial charge in [0.1, 0.15) is 34.7 Å². The van der Waals surface area contributed by atoms with Crippen LogP contribution in [0.2, 0.25) is 0 Å². The van der Waals surface area contributed by atoms with Crippen molar-refractivity contribution in [2.75, 3.05) is 26.4 Å². The van der Waals surface area contributed by atoms with Crippen molar-refractivity contribution in [3.05, 3.63) is 47.5 Å². The van der Waals surface area contributed by atoms with Gasteiger partial charge < -0.3 is 30.4 Å². The number of nitrogens with two attached hydrogens (primary N) is 2. The van der Waals surface area contributed by atoms with Crippen LogP contribution in [0.5, 0.6) is 23.0 Å². The Balaban J connectivity index is 1.52. The van der Waals surface area contributed by atoms with E-state index in [9.17, 15) is 0 Å². The van der Waals surface area contributed by atoms with E-state index < -0.39 is 0 Å². The predicted octanol–water partition coefficient (Wildman–Crippen LogP) is 15.0. The summed E-state index contributed by atoms with van der Waals surface area (Å²) in [6.07, 6.45) is 40.9. The summed E-state index contributed by atoms with van der Waals surface area (Å²) < 4.78 is 24.3. The number of nitrogen functional groups attached to an aromatic ring is 2. The molecular weight excluding hydrogens is 745 g/mol. The SMILES string of the molecule is CCCCCCCCCCCCCCCOc1cc(OCCCCCCCCOc2cc(OCCCCCCCCCCCCCCC)cc(C(=N)N)c2)cc(C(=N)N)c1. The first-order valence-electron chi connectivity index (χ1n) is 24.9. The fraction of sp³-hybridized carbons (Fsp3) is 0.731. The molecule has 0 saturated carbocycles. The van der Waals surface area contributed by atoms with Crippen LogP contribution in [0, 0.1) is 10.8 Å². The van der Waals surface area contributed by atoms with Crippen LogP contribution in [0.1, 0.15) is 230 Å².